The van der Waals surface area contributed by atoms with Crippen molar-refractivity contribution in [1.82, 2.24) is 0 Å². The monoisotopic (exact) mass is 587 g/mol. The summed E-state index contributed by atoms with van der Waals surface area (Å²) in [6.45, 7) is 16.7. The van der Waals surface area contributed by atoms with E-state index in [2.05, 4.69) is 9.69 Å². The molecule has 0 bridgehead atoms. The van der Waals surface area contributed by atoms with Crippen LogP contribution < -0.4 is 0 Å². The highest BCUT2D eigenvalue weighted by Gasteiger charge is 2.68. The molecule has 3 aliphatic carbocycles. The fraction of sp³-hybridized carbons (Fsp3) is 0.433. The first-order chi connectivity index (χ1) is 19.6. The van der Waals surface area contributed by atoms with Gasteiger partial charge < -0.3 is 4.85 Å². The van der Waals surface area contributed by atoms with E-state index < -0.39 is 94.2 Å². The molecule has 5 nitrogen and oxygen atoms in total. The van der Waals surface area contributed by atoms with Crippen LogP contribution in [0.4, 0.5) is 36.4 Å². The Balaban J connectivity index is 1.56. The summed E-state index contributed by atoms with van der Waals surface area (Å²) in [7, 11) is 0. The first-order valence-electron chi connectivity index (χ1n) is 12.9. The van der Waals surface area contributed by atoms with Crippen LogP contribution in [0.15, 0.2) is 36.4 Å². The zero-order valence-electron chi connectivity index (χ0n) is 21.7. The average molecular weight is 587 g/mol. The molecule has 0 heterocycles. The number of Topliss-reactive ketones (excluding diaryl/α,β-unsaturated/α-hetero) is 2. The normalized spacial score (nSPS) is 32.5. The summed E-state index contributed by atoms with van der Waals surface area (Å²) in [6.07, 6.45) is -12.7. The molecule has 216 valence electrons. The van der Waals surface area contributed by atoms with Gasteiger partial charge in [-0.2, -0.15) is 31.6 Å². The number of ketones is 2. The summed E-state index contributed by atoms with van der Waals surface area (Å²) < 4.78 is 97.6. The van der Waals surface area contributed by atoms with E-state index in [1.807, 2.05) is 0 Å². The summed E-state index contributed by atoms with van der Waals surface area (Å²) in [5.41, 5.74) is -2.74. The van der Waals surface area contributed by atoms with E-state index in [-0.39, 0.29) is 12.5 Å². The number of benzene rings is 2. The SMILES string of the molecule is [C-]#[N+]c1ccc(C2C(=O)C3CC4C(=O)C(c5cc(C(F)(F)F)cc(C(F)(F)F)c5)C(C#N)C4C(F)C3C2[N+]#[C-])cc1C. The molecule has 0 saturated heterocycles. The van der Waals surface area contributed by atoms with Crippen molar-refractivity contribution in [2.75, 3.05) is 0 Å². The van der Waals surface area contributed by atoms with Gasteiger partial charge in [0.25, 0.3) is 0 Å². The highest BCUT2D eigenvalue weighted by molar-refractivity contribution is 5.96. The Morgan fingerprint density at radius 1 is 0.857 bits per heavy atom. The van der Waals surface area contributed by atoms with Crippen molar-refractivity contribution in [3.8, 4) is 6.07 Å². The third-order valence-electron chi connectivity index (χ3n) is 8.99. The second-order valence-corrected chi connectivity index (χ2v) is 11.1. The lowest BCUT2D eigenvalue weighted by Gasteiger charge is -2.36. The molecule has 0 aromatic heterocycles. The number of hydrogen-bond acceptors (Lipinski definition) is 3. The standard InChI is InChI=1S/C30H20F7N3O2/c1-12-6-13(4-5-20(12)39-2)22-26(40-3)24-18(28(22)42)10-17-23(25(24)31)19(11-38)21(27(17)41)14-7-15(29(32,33)34)9-16(8-14)30(35,36)37/h4-9,17-19,21-26H,10H2,1H3. The minimum Gasteiger partial charge on any atom is -0.312 e. The second-order valence-electron chi connectivity index (χ2n) is 11.1. The van der Waals surface area contributed by atoms with E-state index in [0.29, 0.717) is 28.9 Å². The molecular weight excluding hydrogens is 567 g/mol. The molecule has 2 aromatic rings. The van der Waals surface area contributed by atoms with Crippen molar-refractivity contribution in [1.29, 1.82) is 5.26 Å². The molecule has 5 rings (SSSR count). The van der Waals surface area contributed by atoms with E-state index in [1.54, 1.807) is 19.1 Å². The lowest BCUT2D eigenvalue weighted by Crippen LogP contribution is -2.44. The van der Waals surface area contributed by atoms with Crippen LogP contribution >= 0.6 is 0 Å². The first kappa shape index (κ1) is 29.3. The molecule has 0 aliphatic heterocycles. The van der Waals surface area contributed by atoms with E-state index in [4.69, 9.17) is 13.1 Å². The number of halogens is 7. The molecule has 3 fully saturated rings. The maximum Gasteiger partial charge on any atom is 0.416 e. The molecule has 0 radical (unpaired) electrons. The third-order valence-corrected chi connectivity index (χ3v) is 8.99. The molecule has 0 amide bonds. The van der Waals surface area contributed by atoms with Crippen LogP contribution in [-0.4, -0.2) is 23.8 Å². The van der Waals surface area contributed by atoms with E-state index in [9.17, 15) is 41.2 Å². The second kappa shape index (κ2) is 9.94. The van der Waals surface area contributed by atoms with Gasteiger partial charge in [-0.1, -0.05) is 18.2 Å². The minimum atomic E-state index is -5.19. The molecule has 0 spiro atoms. The zero-order valence-corrected chi connectivity index (χ0v) is 21.7. The van der Waals surface area contributed by atoms with Crippen molar-refractivity contribution in [3.63, 3.8) is 0 Å². The van der Waals surface area contributed by atoms with Gasteiger partial charge in [-0.3, -0.25) is 9.59 Å². The highest BCUT2D eigenvalue weighted by atomic mass is 19.4. The topological polar surface area (TPSA) is 66.7 Å². The number of carbonyl (C=O) groups excluding carboxylic acids is 2. The van der Waals surface area contributed by atoms with E-state index in [0.717, 1.165) is 0 Å². The number of hydrogen-bond donors (Lipinski definition) is 0. The average Bonchev–Trinajstić information content (AvgIpc) is 3.38. The van der Waals surface area contributed by atoms with Crippen molar-refractivity contribution in [2.24, 2.45) is 29.6 Å². The van der Waals surface area contributed by atoms with Gasteiger partial charge in [0.15, 0.2) is 11.5 Å². The number of fused-ring (bicyclic) bond motifs is 2. The fourth-order valence-electron chi connectivity index (χ4n) is 7.24. The molecule has 42 heavy (non-hydrogen) atoms. The summed E-state index contributed by atoms with van der Waals surface area (Å²) in [5, 5.41) is 9.99. The maximum absolute atomic E-state index is 16.4. The van der Waals surface area contributed by atoms with Gasteiger partial charge in [-0.25, -0.2) is 15.8 Å². The smallest absolute Gasteiger partial charge is 0.312 e. The Kier molecular flexibility index (Phi) is 6.93. The number of alkyl halides is 7. The van der Waals surface area contributed by atoms with Gasteiger partial charge >= 0.3 is 12.4 Å². The van der Waals surface area contributed by atoms with Crippen molar-refractivity contribution in [2.45, 2.75) is 49.7 Å². The van der Waals surface area contributed by atoms with Crippen molar-refractivity contribution in [3.05, 3.63) is 87.0 Å². The van der Waals surface area contributed by atoms with Crippen molar-refractivity contribution >= 4 is 17.3 Å². The summed E-state index contributed by atoms with van der Waals surface area (Å²) in [5.74, 6) is -10.9. The largest absolute Gasteiger partial charge is 0.416 e. The van der Waals surface area contributed by atoms with Gasteiger partial charge in [0.1, 0.15) is 17.9 Å². The molecule has 0 N–H and O–H groups in total. The van der Waals surface area contributed by atoms with Crippen LogP contribution in [-0.2, 0) is 21.9 Å². The molecular formula is C30H20F7N3O2. The van der Waals surface area contributed by atoms with Crippen LogP contribution in [0.2, 0.25) is 0 Å². The highest BCUT2D eigenvalue weighted by Crippen LogP contribution is 2.60. The minimum absolute atomic E-state index is 0.0920. The van der Waals surface area contributed by atoms with Crippen LogP contribution in [0.1, 0.15) is 46.1 Å². The van der Waals surface area contributed by atoms with Gasteiger partial charge in [-0.05, 0) is 48.2 Å². The van der Waals surface area contributed by atoms with Gasteiger partial charge in [0.2, 0.25) is 6.04 Å². The summed E-state index contributed by atoms with van der Waals surface area (Å²) >= 11 is 0. The van der Waals surface area contributed by atoms with E-state index in [1.165, 1.54) is 12.1 Å². The summed E-state index contributed by atoms with van der Waals surface area (Å²) in [6, 6.07) is 5.79. The molecule has 2 aromatic carbocycles. The molecule has 9 unspecified atom stereocenters. The first-order valence-corrected chi connectivity index (χ1v) is 12.9. The number of carbonyl (C=O) groups is 2. The third kappa shape index (κ3) is 4.43. The Morgan fingerprint density at radius 3 is 1.93 bits per heavy atom. The quantitative estimate of drug-likeness (QED) is 0.275. The Hall–Kier alpha value is -4.24. The molecule has 12 heteroatoms. The number of nitrogens with zero attached hydrogens (tertiary/aromatic N) is 3. The number of aryl methyl sites for hydroxylation is 1. The van der Waals surface area contributed by atoms with Crippen LogP contribution in [0.25, 0.3) is 9.69 Å². The fourth-order valence-corrected chi connectivity index (χ4v) is 7.24. The number of rotatable bonds is 2. The van der Waals surface area contributed by atoms with Crippen LogP contribution in [0, 0.1) is 61.0 Å². The summed E-state index contributed by atoms with van der Waals surface area (Å²) in [4.78, 5) is 34.2. The zero-order chi connectivity index (χ0) is 30.9. The Labute approximate surface area is 235 Å². The van der Waals surface area contributed by atoms with Gasteiger partial charge in [0.05, 0.1) is 41.5 Å². The van der Waals surface area contributed by atoms with Crippen LogP contribution in [0.3, 0.4) is 0 Å². The lowest BCUT2D eigenvalue weighted by molar-refractivity contribution is -0.143. The Bertz CT molecular complexity index is 1580. The van der Waals surface area contributed by atoms with Crippen molar-refractivity contribution < 1.29 is 40.3 Å². The number of nitriles is 1. The predicted octanol–water partition coefficient (Wildman–Crippen LogP) is 7.25. The lowest BCUT2D eigenvalue weighted by atomic mass is 9.66. The van der Waals surface area contributed by atoms with E-state index >= 15 is 4.39 Å². The van der Waals surface area contributed by atoms with Gasteiger partial charge in [-0.15, -0.1) is 0 Å². The molecule has 9 atom stereocenters. The molecule has 3 saturated carbocycles. The molecule has 3 aliphatic rings. The predicted molar refractivity (Wildman–Crippen MR) is 132 cm³/mol. The maximum atomic E-state index is 16.4. The van der Waals surface area contributed by atoms with Crippen LogP contribution in [0.5, 0.6) is 0 Å². The van der Waals surface area contributed by atoms with Gasteiger partial charge in [0, 0.05) is 17.8 Å². The Morgan fingerprint density at radius 2 is 1.43 bits per heavy atom.